The normalized spacial score (nSPS) is 16.3. The van der Waals surface area contributed by atoms with E-state index in [0.717, 1.165) is 54.6 Å². The molecule has 3 nitrogen and oxygen atoms in total. The van der Waals surface area contributed by atoms with Crippen LogP contribution in [0.1, 0.15) is 68.5 Å². The van der Waals surface area contributed by atoms with Crippen molar-refractivity contribution in [3.63, 3.8) is 0 Å². The predicted octanol–water partition coefficient (Wildman–Crippen LogP) is 8.74. The lowest BCUT2D eigenvalue weighted by molar-refractivity contribution is 0.137. The molecule has 3 aromatic carbocycles. The number of aryl methyl sites for hydroxylation is 2. The molecular formula is C33H38ClN3. The summed E-state index contributed by atoms with van der Waals surface area (Å²) in [5, 5.41) is 0.749. The summed E-state index contributed by atoms with van der Waals surface area (Å²) in [6.07, 6.45) is 5.69. The minimum absolute atomic E-state index is 0.431. The molecular weight excluding hydrogens is 474 g/mol. The van der Waals surface area contributed by atoms with Gasteiger partial charge in [0.2, 0.25) is 0 Å². The molecule has 1 unspecified atom stereocenters. The number of halogens is 1. The standard InChI is InChI=1S/C33H38ClN3/c1-4-24-16-12-17-25(5-2)31(24)33-35-32(27-18-13-19-28(34)22-27)30(37(33)6-3)23-36-21-11-10-20-29(36)26-14-8-7-9-15-26/h7-9,12-19,22,29H,4-6,10-11,20-21,23H2,1-3H3. The Balaban J connectivity index is 1.68. The zero-order valence-corrected chi connectivity index (χ0v) is 23.1. The summed E-state index contributed by atoms with van der Waals surface area (Å²) in [6, 6.07) is 26.4. The van der Waals surface area contributed by atoms with Crippen LogP contribution >= 0.6 is 11.6 Å². The Morgan fingerprint density at radius 2 is 1.59 bits per heavy atom. The molecule has 0 aliphatic carbocycles. The maximum atomic E-state index is 6.49. The van der Waals surface area contributed by atoms with Gasteiger partial charge in [-0.05, 0) is 68.0 Å². The summed E-state index contributed by atoms with van der Waals surface area (Å²) in [5.74, 6) is 1.09. The van der Waals surface area contributed by atoms with Gasteiger partial charge in [-0.25, -0.2) is 4.98 Å². The number of rotatable bonds is 8. The molecule has 1 atom stereocenters. The molecule has 1 aliphatic heterocycles. The smallest absolute Gasteiger partial charge is 0.141 e. The van der Waals surface area contributed by atoms with E-state index in [1.165, 1.54) is 47.2 Å². The fourth-order valence-corrected chi connectivity index (χ4v) is 6.19. The Labute approximate surface area is 227 Å². The Morgan fingerprint density at radius 3 is 2.27 bits per heavy atom. The molecule has 1 aromatic heterocycles. The van der Waals surface area contributed by atoms with Crippen molar-refractivity contribution in [3.05, 3.63) is 100 Å². The van der Waals surface area contributed by atoms with E-state index in [9.17, 15) is 0 Å². The first-order valence-electron chi connectivity index (χ1n) is 13.9. The lowest BCUT2D eigenvalue weighted by Gasteiger charge is -2.36. The van der Waals surface area contributed by atoms with Crippen molar-refractivity contribution in [3.8, 4) is 22.6 Å². The number of piperidine rings is 1. The summed E-state index contributed by atoms with van der Waals surface area (Å²) in [7, 11) is 0. The van der Waals surface area contributed by atoms with E-state index in [-0.39, 0.29) is 0 Å². The lowest BCUT2D eigenvalue weighted by Crippen LogP contribution is -2.33. The third-order valence-corrected chi connectivity index (χ3v) is 8.10. The van der Waals surface area contributed by atoms with E-state index >= 15 is 0 Å². The van der Waals surface area contributed by atoms with Gasteiger partial charge in [0.05, 0.1) is 11.4 Å². The van der Waals surface area contributed by atoms with Gasteiger partial charge in [-0.3, -0.25) is 4.90 Å². The molecule has 0 amide bonds. The molecule has 0 spiro atoms. The third-order valence-electron chi connectivity index (χ3n) is 7.86. The van der Waals surface area contributed by atoms with Gasteiger partial charge in [0.1, 0.15) is 5.82 Å². The molecule has 2 heterocycles. The molecule has 4 heteroatoms. The SMILES string of the molecule is CCc1cccc(CC)c1-c1nc(-c2cccc(Cl)c2)c(CN2CCCCC2c2ccccc2)n1CC. The van der Waals surface area contributed by atoms with Crippen LogP contribution in [0.5, 0.6) is 0 Å². The highest BCUT2D eigenvalue weighted by Crippen LogP contribution is 2.38. The van der Waals surface area contributed by atoms with E-state index in [1.807, 2.05) is 12.1 Å². The van der Waals surface area contributed by atoms with Crippen LogP contribution in [0, 0.1) is 0 Å². The third kappa shape index (κ3) is 5.26. The minimum atomic E-state index is 0.431. The fraction of sp³-hybridized carbons (Fsp3) is 0.364. The second kappa shape index (κ2) is 11.7. The first kappa shape index (κ1) is 25.8. The van der Waals surface area contributed by atoms with E-state index in [1.54, 1.807) is 0 Å². The van der Waals surface area contributed by atoms with Crippen LogP contribution < -0.4 is 0 Å². The Bertz CT molecular complexity index is 1320. The van der Waals surface area contributed by atoms with Crippen molar-refractivity contribution in [1.82, 2.24) is 14.5 Å². The van der Waals surface area contributed by atoms with Crippen molar-refractivity contribution < 1.29 is 0 Å². The number of hydrogen-bond acceptors (Lipinski definition) is 2. The van der Waals surface area contributed by atoms with Gasteiger partial charge in [0.25, 0.3) is 0 Å². The van der Waals surface area contributed by atoms with Gasteiger partial charge in [-0.2, -0.15) is 0 Å². The number of imidazole rings is 1. The van der Waals surface area contributed by atoms with Crippen LogP contribution in [0.2, 0.25) is 5.02 Å². The molecule has 1 saturated heterocycles. The zero-order valence-electron chi connectivity index (χ0n) is 22.4. The van der Waals surface area contributed by atoms with Gasteiger partial charge in [-0.15, -0.1) is 0 Å². The molecule has 0 N–H and O–H groups in total. The van der Waals surface area contributed by atoms with Crippen LogP contribution in [0.4, 0.5) is 0 Å². The molecule has 4 aromatic rings. The van der Waals surface area contributed by atoms with Crippen LogP contribution in [0.3, 0.4) is 0 Å². The monoisotopic (exact) mass is 511 g/mol. The van der Waals surface area contributed by atoms with Crippen LogP contribution in [-0.4, -0.2) is 21.0 Å². The summed E-state index contributed by atoms with van der Waals surface area (Å²) < 4.78 is 2.47. The lowest BCUT2D eigenvalue weighted by atomic mass is 9.95. The topological polar surface area (TPSA) is 21.1 Å². The van der Waals surface area contributed by atoms with Crippen LogP contribution in [0.15, 0.2) is 72.8 Å². The van der Waals surface area contributed by atoms with Crippen LogP contribution in [-0.2, 0) is 25.9 Å². The van der Waals surface area contributed by atoms with E-state index in [0.29, 0.717) is 6.04 Å². The Morgan fingerprint density at radius 1 is 0.865 bits per heavy atom. The maximum absolute atomic E-state index is 6.49. The molecule has 0 radical (unpaired) electrons. The molecule has 192 valence electrons. The number of likely N-dealkylation sites (tertiary alicyclic amines) is 1. The fourth-order valence-electron chi connectivity index (χ4n) is 6.00. The highest BCUT2D eigenvalue weighted by molar-refractivity contribution is 6.30. The highest BCUT2D eigenvalue weighted by atomic mass is 35.5. The molecule has 1 fully saturated rings. The second-order valence-electron chi connectivity index (χ2n) is 10.0. The van der Waals surface area contributed by atoms with Crippen LogP contribution in [0.25, 0.3) is 22.6 Å². The van der Waals surface area contributed by atoms with Crippen molar-refractivity contribution in [2.24, 2.45) is 0 Å². The van der Waals surface area contributed by atoms with Crippen molar-refractivity contribution in [1.29, 1.82) is 0 Å². The average Bonchev–Trinajstić information content (AvgIpc) is 3.30. The molecule has 5 rings (SSSR count). The summed E-state index contributed by atoms with van der Waals surface area (Å²) in [4.78, 5) is 8.09. The van der Waals surface area contributed by atoms with Crippen molar-refractivity contribution in [2.75, 3.05) is 6.54 Å². The maximum Gasteiger partial charge on any atom is 0.141 e. The minimum Gasteiger partial charge on any atom is -0.327 e. The van der Waals surface area contributed by atoms with Gasteiger partial charge in [0, 0.05) is 35.3 Å². The van der Waals surface area contributed by atoms with Crippen molar-refractivity contribution in [2.45, 2.75) is 72.0 Å². The average molecular weight is 512 g/mol. The Hall–Kier alpha value is -2.88. The van der Waals surface area contributed by atoms with Crippen molar-refractivity contribution >= 4 is 11.6 Å². The molecule has 1 aliphatic rings. The quantitative estimate of drug-likeness (QED) is 0.236. The van der Waals surface area contributed by atoms with Gasteiger partial charge < -0.3 is 4.57 Å². The largest absolute Gasteiger partial charge is 0.327 e. The van der Waals surface area contributed by atoms with Gasteiger partial charge >= 0.3 is 0 Å². The number of benzene rings is 3. The summed E-state index contributed by atoms with van der Waals surface area (Å²) in [5.41, 5.74) is 8.89. The molecule has 0 saturated carbocycles. The second-order valence-corrected chi connectivity index (χ2v) is 10.5. The van der Waals surface area contributed by atoms with Gasteiger partial charge in [-0.1, -0.05) is 92.5 Å². The number of aromatic nitrogens is 2. The molecule has 0 bridgehead atoms. The van der Waals surface area contributed by atoms with Gasteiger partial charge in [0.15, 0.2) is 0 Å². The van der Waals surface area contributed by atoms with E-state index in [4.69, 9.17) is 16.6 Å². The summed E-state index contributed by atoms with van der Waals surface area (Å²) >= 11 is 6.49. The Kier molecular flexibility index (Phi) is 8.12. The van der Waals surface area contributed by atoms with E-state index in [2.05, 4.69) is 90.9 Å². The number of nitrogens with zero attached hydrogens (tertiary/aromatic N) is 3. The highest BCUT2D eigenvalue weighted by Gasteiger charge is 2.28. The molecule has 37 heavy (non-hydrogen) atoms. The summed E-state index contributed by atoms with van der Waals surface area (Å²) in [6.45, 7) is 9.59. The number of hydrogen-bond donors (Lipinski definition) is 0. The first-order chi connectivity index (χ1) is 18.1. The van der Waals surface area contributed by atoms with E-state index < -0.39 is 0 Å². The predicted molar refractivity (Wildman–Crippen MR) is 156 cm³/mol. The first-order valence-corrected chi connectivity index (χ1v) is 14.3. The zero-order chi connectivity index (χ0) is 25.8.